The highest BCUT2D eigenvalue weighted by Gasteiger charge is 2.23. The molecule has 2 aromatic heterocycles. The predicted octanol–water partition coefficient (Wildman–Crippen LogP) is 2.51. The maximum atomic E-state index is 14.0. The number of fused-ring (bicyclic) bond motifs is 1. The predicted molar refractivity (Wildman–Crippen MR) is 99.6 cm³/mol. The fourth-order valence-electron chi connectivity index (χ4n) is 3.07. The van der Waals surface area contributed by atoms with E-state index >= 15 is 0 Å². The fraction of sp³-hybridized carbons (Fsp3) is 0.158. The summed E-state index contributed by atoms with van der Waals surface area (Å²) in [4.78, 5) is 23.6. The van der Waals surface area contributed by atoms with Crippen LogP contribution in [0.25, 0.3) is 11.3 Å². The Labute approximate surface area is 159 Å². The average molecular weight is 381 g/mol. The molecule has 28 heavy (non-hydrogen) atoms. The van der Waals surface area contributed by atoms with E-state index in [1.807, 2.05) is 0 Å². The molecule has 0 amide bonds. The first-order valence-corrected chi connectivity index (χ1v) is 8.52. The summed E-state index contributed by atoms with van der Waals surface area (Å²) in [6, 6.07) is 5.39. The van der Waals surface area contributed by atoms with Crippen LogP contribution in [0.1, 0.15) is 21.5 Å². The number of nitrogens with one attached hydrogen (secondary N) is 1. The van der Waals surface area contributed by atoms with Crippen LogP contribution in [0.3, 0.4) is 0 Å². The number of hydrogen-bond acceptors (Lipinski definition) is 7. The second-order valence-corrected chi connectivity index (χ2v) is 6.19. The second kappa shape index (κ2) is 7.10. The molecule has 142 valence electrons. The standard InChI is InChI=1S/C19H16FN5O3/c20-14-2-1-10(18(26)27)7-11(14)8-23-17-12-4-6-28-16(12)13(9-24-17)15-3-5-22-19(21)25-15/h1-3,5,7,9H,4,6,8H2,(H,23,24)(H,26,27)(H2,21,22,25). The van der Waals surface area contributed by atoms with Gasteiger partial charge in [0.15, 0.2) is 0 Å². The summed E-state index contributed by atoms with van der Waals surface area (Å²) in [7, 11) is 0. The average Bonchev–Trinajstić information content (AvgIpc) is 3.17. The Bertz CT molecular complexity index is 1070. The Balaban J connectivity index is 1.63. The Hall–Kier alpha value is -3.75. The van der Waals surface area contributed by atoms with Crippen LogP contribution >= 0.6 is 0 Å². The lowest BCUT2D eigenvalue weighted by molar-refractivity contribution is 0.0696. The van der Waals surface area contributed by atoms with Crippen molar-refractivity contribution in [2.24, 2.45) is 0 Å². The van der Waals surface area contributed by atoms with Gasteiger partial charge in [-0.05, 0) is 24.3 Å². The molecule has 4 rings (SSSR count). The third-order valence-corrected chi connectivity index (χ3v) is 4.41. The van der Waals surface area contributed by atoms with Crippen LogP contribution in [0, 0.1) is 5.82 Å². The van der Waals surface area contributed by atoms with Crippen LogP contribution < -0.4 is 15.8 Å². The number of carbonyl (C=O) groups is 1. The molecule has 9 heteroatoms. The molecule has 1 aliphatic heterocycles. The smallest absolute Gasteiger partial charge is 0.335 e. The van der Waals surface area contributed by atoms with E-state index in [0.29, 0.717) is 35.9 Å². The fourth-order valence-corrected chi connectivity index (χ4v) is 3.07. The van der Waals surface area contributed by atoms with Gasteiger partial charge in [-0.3, -0.25) is 0 Å². The topological polar surface area (TPSA) is 123 Å². The minimum Gasteiger partial charge on any atom is -0.492 e. The van der Waals surface area contributed by atoms with Gasteiger partial charge in [0.1, 0.15) is 17.4 Å². The zero-order chi connectivity index (χ0) is 19.7. The van der Waals surface area contributed by atoms with Gasteiger partial charge < -0.3 is 20.9 Å². The highest BCUT2D eigenvalue weighted by molar-refractivity contribution is 5.87. The molecule has 0 spiro atoms. The molecule has 0 unspecified atom stereocenters. The summed E-state index contributed by atoms with van der Waals surface area (Å²) in [5.74, 6) is -0.241. The lowest BCUT2D eigenvalue weighted by atomic mass is 10.1. The van der Waals surface area contributed by atoms with Crippen molar-refractivity contribution in [1.29, 1.82) is 0 Å². The van der Waals surface area contributed by atoms with Crippen LogP contribution in [0.15, 0.2) is 36.7 Å². The summed E-state index contributed by atoms with van der Waals surface area (Å²) in [5, 5.41) is 12.2. The number of anilines is 2. The number of halogens is 1. The van der Waals surface area contributed by atoms with Crippen molar-refractivity contribution >= 4 is 17.7 Å². The van der Waals surface area contributed by atoms with Crippen LogP contribution in [0.2, 0.25) is 0 Å². The first kappa shape index (κ1) is 17.7. The minimum atomic E-state index is -1.11. The summed E-state index contributed by atoms with van der Waals surface area (Å²) >= 11 is 0. The summed E-state index contributed by atoms with van der Waals surface area (Å²) in [6.07, 6.45) is 3.80. The molecular weight excluding hydrogens is 365 g/mol. The van der Waals surface area contributed by atoms with E-state index < -0.39 is 11.8 Å². The van der Waals surface area contributed by atoms with E-state index in [-0.39, 0.29) is 23.6 Å². The molecule has 0 fully saturated rings. The number of aromatic carboxylic acids is 1. The molecule has 0 bridgehead atoms. The van der Waals surface area contributed by atoms with Gasteiger partial charge in [-0.15, -0.1) is 0 Å². The van der Waals surface area contributed by atoms with Gasteiger partial charge in [0.25, 0.3) is 0 Å². The van der Waals surface area contributed by atoms with Gasteiger partial charge in [0.2, 0.25) is 5.95 Å². The Kier molecular flexibility index (Phi) is 4.48. The number of pyridine rings is 1. The number of rotatable bonds is 5. The van der Waals surface area contributed by atoms with E-state index in [0.717, 1.165) is 11.6 Å². The number of nitrogens with zero attached hydrogens (tertiary/aromatic N) is 3. The van der Waals surface area contributed by atoms with E-state index in [2.05, 4.69) is 20.3 Å². The molecule has 0 saturated carbocycles. The summed E-state index contributed by atoms with van der Waals surface area (Å²) < 4.78 is 19.8. The second-order valence-electron chi connectivity index (χ2n) is 6.19. The van der Waals surface area contributed by atoms with Crippen LogP contribution in [0.4, 0.5) is 16.2 Å². The van der Waals surface area contributed by atoms with Crippen molar-refractivity contribution in [2.45, 2.75) is 13.0 Å². The van der Waals surface area contributed by atoms with Crippen molar-refractivity contribution in [2.75, 3.05) is 17.7 Å². The normalized spacial score (nSPS) is 12.3. The highest BCUT2D eigenvalue weighted by Crippen LogP contribution is 2.39. The summed E-state index contributed by atoms with van der Waals surface area (Å²) in [6.45, 7) is 0.582. The van der Waals surface area contributed by atoms with Crippen LogP contribution in [0.5, 0.6) is 5.75 Å². The van der Waals surface area contributed by atoms with Crippen LogP contribution in [-0.2, 0) is 13.0 Å². The van der Waals surface area contributed by atoms with Gasteiger partial charge in [-0.1, -0.05) is 0 Å². The van der Waals surface area contributed by atoms with Gasteiger partial charge in [0, 0.05) is 36.5 Å². The first-order chi connectivity index (χ1) is 13.5. The lowest BCUT2D eigenvalue weighted by Gasteiger charge is -2.13. The van der Waals surface area contributed by atoms with Crippen molar-refractivity contribution in [3.63, 3.8) is 0 Å². The van der Waals surface area contributed by atoms with E-state index in [1.54, 1.807) is 18.5 Å². The SMILES string of the molecule is Nc1nccc(-c2cnc(NCc3cc(C(=O)O)ccc3F)c3c2OCC3)n1. The molecule has 0 aliphatic carbocycles. The Morgan fingerprint density at radius 1 is 1.32 bits per heavy atom. The number of hydrogen-bond donors (Lipinski definition) is 3. The van der Waals surface area contributed by atoms with E-state index in [1.165, 1.54) is 12.1 Å². The van der Waals surface area contributed by atoms with Crippen molar-refractivity contribution in [3.8, 4) is 17.0 Å². The minimum absolute atomic E-state index is 0.0245. The number of nitrogens with two attached hydrogens (primary N) is 1. The maximum absolute atomic E-state index is 14.0. The zero-order valence-corrected chi connectivity index (χ0v) is 14.6. The largest absolute Gasteiger partial charge is 0.492 e. The molecule has 0 saturated heterocycles. The molecule has 3 heterocycles. The summed E-state index contributed by atoms with van der Waals surface area (Å²) in [5.41, 5.74) is 8.07. The third kappa shape index (κ3) is 3.29. The molecule has 0 atom stereocenters. The van der Waals surface area contributed by atoms with Gasteiger partial charge in [-0.25, -0.2) is 24.1 Å². The molecule has 4 N–H and O–H groups in total. The van der Waals surface area contributed by atoms with Crippen molar-refractivity contribution in [1.82, 2.24) is 15.0 Å². The quantitative estimate of drug-likeness (QED) is 0.616. The number of nitrogen functional groups attached to an aromatic ring is 1. The lowest BCUT2D eigenvalue weighted by Crippen LogP contribution is -2.07. The molecular formula is C19H16FN5O3. The monoisotopic (exact) mass is 381 g/mol. The Morgan fingerprint density at radius 3 is 2.96 bits per heavy atom. The zero-order valence-electron chi connectivity index (χ0n) is 14.6. The molecule has 8 nitrogen and oxygen atoms in total. The first-order valence-electron chi connectivity index (χ1n) is 8.52. The number of carboxylic acids is 1. The van der Waals surface area contributed by atoms with E-state index in [4.69, 9.17) is 15.6 Å². The number of aromatic nitrogens is 3. The number of carboxylic acid groups (broad SMARTS) is 1. The molecule has 3 aromatic rings. The van der Waals surface area contributed by atoms with Crippen molar-refractivity contribution < 1.29 is 19.0 Å². The molecule has 1 aliphatic rings. The number of benzene rings is 1. The van der Waals surface area contributed by atoms with Gasteiger partial charge in [-0.2, -0.15) is 0 Å². The van der Waals surface area contributed by atoms with Crippen LogP contribution in [-0.4, -0.2) is 32.6 Å². The maximum Gasteiger partial charge on any atom is 0.335 e. The number of ether oxygens (including phenoxy) is 1. The third-order valence-electron chi connectivity index (χ3n) is 4.41. The van der Waals surface area contributed by atoms with E-state index in [9.17, 15) is 9.18 Å². The molecule has 1 aromatic carbocycles. The Morgan fingerprint density at radius 2 is 2.18 bits per heavy atom. The van der Waals surface area contributed by atoms with Gasteiger partial charge >= 0.3 is 5.97 Å². The molecule has 0 radical (unpaired) electrons. The van der Waals surface area contributed by atoms with Crippen molar-refractivity contribution in [3.05, 3.63) is 59.2 Å². The van der Waals surface area contributed by atoms with Gasteiger partial charge in [0.05, 0.1) is 23.4 Å². The highest BCUT2D eigenvalue weighted by atomic mass is 19.1.